The second kappa shape index (κ2) is 4.42. The van der Waals surface area contributed by atoms with Gasteiger partial charge in [0, 0.05) is 22.4 Å². The summed E-state index contributed by atoms with van der Waals surface area (Å²) < 4.78 is 13.8. The van der Waals surface area contributed by atoms with Crippen LogP contribution in [0.15, 0.2) is 48.5 Å². The highest BCUT2D eigenvalue weighted by Gasteiger charge is 2.28. The number of rotatable bonds is 1. The fourth-order valence-corrected chi connectivity index (χ4v) is 2.33. The number of Topliss-reactive ketones (excluding diaryl/α,β-unsaturated/α-hetero) is 1. The zero-order chi connectivity index (χ0) is 14.3. The van der Waals surface area contributed by atoms with E-state index >= 15 is 0 Å². The Kier molecular flexibility index (Phi) is 2.71. The first-order valence-electron chi connectivity index (χ1n) is 6.03. The van der Waals surface area contributed by atoms with Crippen LogP contribution >= 0.6 is 0 Å². The van der Waals surface area contributed by atoms with Gasteiger partial charge in [-0.3, -0.25) is 9.59 Å². The molecule has 20 heavy (non-hydrogen) atoms. The fourth-order valence-electron chi connectivity index (χ4n) is 2.33. The summed E-state index contributed by atoms with van der Waals surface area (Å²) in [6, 6.07) is 10.6. The smallest absolute Gasteiger partial charge is 0.194 e. The van der Waals surface area contributed by atoms with Crippen molar-refractivity contribution in [2.45, 2.75) is 0 Å². The second-order valence-electron chi connectivity index (χ2n) is 4.50. The van der Waals surface area contributed by atoms with E-state index in [0.717, 1.165) is 6.08 Å². The van der Waals surface area contributed by atoms with Gasteiger partial charge in [-0.05, 0) is 18.2 Å². The number of halogens is 1. The SMILES string of the molecule is Nc1cccc2c1C(=O)C=C(c1ccccc1F)C2=O. The van der Waals surface area contributed by atoms with Gasteiger partial charge >= 0.3 is 0 Å². The Hall–Kier alpha value is -2.75. The van der Waals surface area contributed by atoms with E-state index in [1.54, 1.807) is 18.2 Å². The van der Waals surface area contributed by atoms with Crippen molar-refractivity contribution in [1.82, 2.24) is 0 Å². The van der Waals surface area contributed by atoms with E-state index < -0.39 is 11.6 Å². The first kappa shape index (κ1) is 12.3. The number of fused-ring (bicyclic) bond motifs is 1. The Morgan fingerprint density at radius 1 is 0.900 bits per heavy atom. The number of hydrogen-bond acceptors (Lipinski definition) is 3. The van der Waals surface area contributed by atoms with Crippen LogP contribution in [0.1, 0.15) is 26.3 Å². The Bertz CT molecular complexity index is 778. The van der Waals surface area contributed by atoms with Gasteiger partial charge in [0.15, 0.2) is 11.6 Å². The molecule has 0 saturated carbocycles. The van der Waals surface area contributed by atoms with Gasteiger partial charge < -0.3 is 5.73 Å². The molecule has 0 atom stereocenters. The van der Waals surface area contributed by atoms with Crippen LogP contribution in [-0.4, -0.2) is 11.6 Å². The molecule has 98 valence electrons. The van der Waals surface area contributed by atoms with Crippen LogP contribution in [0.4, 0.5) is 10.1 Å². The van der Waals surface area contributed by atoms with Crippen molar-refractivity contribution in [2.24, 2.45) is 0 Å². The first-order valence-corrected chi connectivity index (χ1v) is 6.03. The highest BCUT2D eigenvalue weighted by Crippen LogP contribution is 2.31. The van der Waals surface area contributed by atoms with Gasteiger partial charge in [0.1, 0.15) is 5.82 Å². The molecule has 0 saturated heterocycles. The lowest BCUT2D eigenvalue weighted by molar-refractivity contribution is 0.100. The zero-order valence-corrected chi connectivity index (χ0v) is 10.4. The molecule has 1 aliphatic rings. The maximum Gasteiger partial charge on any atom is 0.194 e. The van der Waals surface area contributed by atoms with Gasteiger partial charge in [-0.2, -0.15) is 0 Å². The maximum atomic E-state index is 13.8. The molecule has 0 amide bonds. The second-order valence-corrected chi connectivity index (χ2v) is 4.50. The number of hydrogen-bond donors (Lipinski definition) is 1. The topological polar surface area (TPSA) is 60.2 Å². The van der Waals surface area contributed by atoms with Crippen LogP contribution in [0.3, 0.4) is 0 Å². The van der Waals surface area contributed by atoms with Crippen molar-refractivity contribution in [2.75, 3.05) is 5.73 Å². The van der Waals surface area contributed by atoms with Crippen molar-refractivity contribution in [3.8, 4) is 0 Å². The molecule has 0 aliphatic heterocycles. The van der Waals surface area contributed by atoms with Crippen molar-refractivity contribution >= 4 is 22.8 Å². The number of carbonyl (C=O) groups is 2. The molecule has 0 heterocycles. The summed E-state index contributed by atoms with van der Waals surface area (Å²) in [5.41, 5.74) is 6.58. The summed E-state index contributed by atoms with van der Waals surface area (Å²) >= 11 is 0. The lowest BCUT2D eigenvalue weighted by Crippen LogP contribution is -2.18. The quantitative estimate of drug-likeness (QED) is 0.808. The van der Waals surface area contributed by atoms with E-state index in [1.807, 2.05) is 0 Å². The molecule has 0 unspecified atom stereocenters. The third kappa shape index (κ3) is 1.73. The Morgan fingerprint density at radius 2 is 1.60 bits per heavy atom. The molecule has 0 spiro atoms. The van der Waals surface area contributed by atoms with Gasteiger partial charge in [-0.15, -0.1) is 0 Å². The normalized spacial score (nSPS) is 13.9. The largest absolute Gasteiger partial charge is 0.398 e. The summed E-state index contributed by atoms with van der Waals surface area (Å²) in [7, 11) is 0. The van der Waals surface area contributed by atoms with Gasteiger partial charge in [-0.1, -0.05) is 30.3 Å². The molecule has 2 N–H and O–H groups in total. The molecule has 0 aromatic heterocycles. The average molecular weight is 267 g/mol. The van der Waals surface area contributed by atoms with Crippen LogP contribution < -0.4 is 5.73 Å². The number of anilines is 1. The molecular formula is C16H10FNO2. The summed E-state index contributed by atoms with van der Waals surface area (Å²) in [4.78, 5) is 24.5. The van der Waals surface area contributed by atoms with Crippen LogP contribution in [0.2, 0.25) is 0 Å². The molecule has 2 aromatic rings. The molecule has 2 aromatic carbocycles. The van der Waals surface area contributed by atoms with Gasteiger partial charge in [-0.25, -0.2) is 4.39 Å². The van der Waals surface area contributed by atoms with E-state index in [-0.39, 0.29) is 33.7 Å². The minimum Gasteiger partial charge on any atom is -0.398 e. The van der Waals surface area contributed by atoms with E-state index in [1.165, 1.54) is 24.3 Å². The van der Waals surface area contributed by atoms with E-state index in [9.17, 15) is 14.0 Å². The molecule has 4 heteroatoms. The first-order chi connectivity index (χ1) is 9.59. The zero-order valence-electron chi connectivity index (χ0n) is 10.4. The Morgan fingerprint density at radius 3 is 2.35 bits per heavy atom. The molecule has 3 nitrogen and oxygen atoms in total. The minimum atomic E-state index is -0.535. The minimum absolute atomic E-state index is 0.0613. The van der Waals surface area contributed by atoms with Crippen molar-refractivity contribution in [3.63, 3.8) is 0 Å². The highest BCUT2D eigenvalue weighted by atomic mass is 19.1. The highest BCUT2D eigenvalue weighted by molar-refractivity contribution is 6.39. The van der Waals surface area contributed by atoms with Crippen molar-refractivity contribution in [3.05, 3.63) is 71.0 Å². The standard InChI is InChI=1S/C16H10FNO2/c17-12-6-2-1-4-9(12)11-8-14(19)15-10(16(11)20)5-3-7-13(15)18/h1-8H,18H2. The van der Waals surface area contributed by atoms with E-state index in [4.69, 9.17) is 5.73 Å². The number of ketones is 2. The summed E-state index contributed by atoms with van der Waals surface area (Å²) in [5.74, 6) is -1.31. The Labute approximate surface area is 114 Å². The van der Waals surface area contributed by atoms with E-state index in [0.29, 0.717) is 0 Å². The summed E-state index contributed by atoms with van der Waals surface area (Å²) in [5, 5.41) is 0. The lowest BCUT2D eigenvalue weighted by Gasteiger charge is -2.17. The molecule has 0 radical (unpaired) electrons. The molecule has 0 fully saturated rings. The summed E-state index contributed by atoms with van der Waals surface area (Å²) in [6.45, 7) is 0. The number of nitrogens with two attached hydrogens (primary N) is 1. The predicted octanol–water partition coefficient (Wildman–Crippen LogP) is 2.87. The van der Waals surface area contributed by atoms with Gasteiger partial charge in [0.2, 0.25) is 0 Å². The van der Waals surface area contributed by atoms with Gasteiger partial charge in [0.25, 0.3) is 0 Å². The monoisotopic (exact) mass is 267 g/mol. The predicted molar refractivity (Wildman–Crippen MR) is 73.9 cm³/mol. The Balaban J connectivity index is 2.21. The maximum absolute atomic E-state index is 13.8. The van der Waals surface area contributed by atoms with Crippen LogP contribution in [0.25, 0.3) is 5.57 Å². The third-order valence-electron chi connectivity index (χ3n) is 3.27. The number of carbonyl (C=O) groups excluding carboxylic acids is 2. The number of benzene rings is 2. The van der Waals surface area contributed by atoms with Crippen molar-refractivity contribution < 1.29 is 14.0 Å². The van der Waals surface area contributed by atoms with Crippen LogP contribution in [0, 0.1) is 5.82 Å². The van der Waals surface area contributed by atoms with Crippen LogP contribution in [-0.2, 0) is 0 Å². The van der Waals surface area contributed by atoms with E-state index in [2.05, 4.69) is 0 Å². The lowest BCUT2D eigenvalue weighted by atomic mass is 9.85. The molecular weight excluding hydrogens is 257 g/mol. The van der Waals surface area contributed by atoms with Crippen LogP contribution in [0.5, 0.6) is 0 Å². The third-order valence-corrected chi connectivity index (χ3v) is 3.27. The van der Waals surface area contributed by atoms with Crippen molar-refractivity contribution in [1.29, 1.82) is 0 Å². The van der Waals surface area contributed by atoms with Gasteiger partial charge in [0.05, 0.1) is 5.56 Å². The fraction of sp³-hybridized carbons (Fsp3) is 0. The number of allylic oxidation sites excluding steroid dienone is 2. The molecule has 3 rings (SSSR count). The molecule has 0 bridgehead atoms. The molecule has 1 aliphatic carbocycles. The average Bonchev–Trinajstić information content (AvgIpc) is 2.43. The number of nitrogen functional groups attached to an aromatic ring is 1. The summed E-state index contributed by atoms with van der Waals surface area (Å²) in [6.07, 6.45) is 1.15.